The molecule has 5 nitrogen and oxygen atoms in total. The van der Waals surface area contributed by atoms with Gasteiger partial charge < -0.3 is 4.74 Å². The van der Waals surface area contributed by atoms with Crippen LogP contribution in [-0.2, 0) is 6.42 Å². The number of carbonyl (C=O) groups is 1. The van der Waals surface area contributed by atoms with E-state index in [1.165, 1.54) is 23.8 Å². The Labute approximate surface area is 157 Å². The van der Waals surface area contributed by atoms with Crippen LogP contribution in [0.4, 0.5) is 4.39 Å². The summed E-state index contributed by atoms with van der Waals surface area (Å²) in [6.45, 7) is 4.58. The number of nitrogens with zero attached hydrogens (tertiary/aromatic N) is 3. The Morgan fingerprint density at radius 3 is 2.52 bits per heavy atom. The molecule has 1 heterocycles. The van der Waals surface area contributed by atoms with E-state index in [4.69, 9.17) is 4.74 Å². The van der Waals surface area contributed by atoms with Crippen molar-refractivity contribution in [3.8, 4) is 17.4 Å². The molecule has 6 heteroatoms. The molecule has 0 fully saturated rings. The molecule has 0 bridgehead atoms. The fourth-order valence-corrected chi connectivity index (χ4v) is 2.63. The lowest BCUT2D eigenvalue weighted by Crippen LogP contribution is -2.16. The summed E-state index contributed by atoms with van der Waals surface area (Å²) in [4.78, 5) is 17.3. The Balaban J connectivity index is 2.01. The monoisotopic (exact) mass is 367 g/mol. The van der Waals surface area contributed by atoms with Crippen LogP contribution in [0.3, 0.4) is 0 Å². The number of hydrogen-bond acceptors (Lipinski definition) is 4. The number of carbonyl (C=O) groups excluding carboxylic acids is 1. The summed E-state index contributed by atoms with van der Waals surface area (Å²) in [5.41, 5.74) is 1.83. The molecule has 0 saturated carbocycles. The second-order valence-electron chi connectivity index (χ2n) is 6.17. The van der Waals surface area contributed by atoms with Gasteiger partial charge in [-0.15, -0.1) is 5.10 Å². The van der Waals surface area contributed by atoms with Gasteiger partial charge in [0.05, 0.1) is 12.2 Å². The van der Waals surface area contributed by atoms with E-state index in [1.54, 1.807) is 6.07 Å². The first kappa shape index (κ1) is 18.8. The summed E-state index contributed by atoms with van der Waals surface area (Å²) in [5.74, 6) is -0.850. The predicted octanol–water partition coefficient (Wildman–Crippen LogP) is 4.51. The van der Waals surface area contributed by atoms with Crippen LogP contribution < -0.4 is 4.74 Å². The van der Waals surface area contributed by atoms with Crippen molar-refractivity contribution < 1.29 is 13.9 Å². The van der Waals surface area contributed by atoms with Gasteiger partial charge in [0.1, 0.15) is 5.82 Å². The van der Waals surface area contributed by atoms with E-state index in [0.717, 1.165) is 29.5 Å². The van der Waals surface area contributed by atoms with Crippen molar-refractivity contribution in [3.63, 3.8) is 0 Å². The summed E-state index contributed by atoms with van der Waals surface area (Å²) in [5, 5.41) is 4.19. The van der Waals surface area contributed by atoms with Crippen LogP contribution in [0.15, 0.2) is 48.5 Å². The first-order valence-electron chi connectivity index (χ1n) is 9.12. The average Bonchev–Trinajstić information content (AvgIpc) is 3.12. The van der Waals surface area contributed by atoms with Crippen LogP contribution >= 0.6 is 0 Å². The Morgan fingerprint density at radius 2 is 1.85 bits per heavy atom. The molecule has 2 aromatic carbocycles. The second kappa shape index (κ2) is 8.58. The number of hydrogen-bond donors (Lipinski definition) is 0. The zero-order valence-corrected chi connectivity index (χ0v) is 15.5. The Hall–Kier alpha value is -3.02. The topological polar surface area (TPSA) is 57.0 Å². The molecule has 1 aromatic heterocycles. The van der Waals surface area contributed by atoms with Crippen LogP contribution in [-0.4, -0.2) is 27.3 Å². The smallest absolute Gasteiger partial charge is 0.336 e. The fourth-order valence-electron chi connectivity index (χ4n) is 2.63. The number of halogens is 1. The molecule has 27 heavy (non-hydrogen) atoms. The summed E-state index contributed by atoms with van der Waals surface area (Å²) in [6.07, 6.45) is 2.74. The third kappa shape index (κ3) is 4.22. The predicted molar refractivity (Wildman–Crippen MR) is 101 cm³/mol. The molecule has 0 atom stereocenters. The normalized spacial score (nSPS) is 10.8. The largest absolute Gasteiger partial charge is 0.462 e. The van der Waals surface area contributed by atoms with E-state index in [0.29, 0.717) is 12.4 Å². The standard InChI is InChI=1S/C21H22FN3O2/c1-3-5-14-27-21-23-19(16-12-10-15(4-2)11-13-16)25(24-21)20(26)17-8-6-7-9-18(17)22/h6-13H,3-5,14H2,1-2H3. The summed E-state index contributed by atoms with van der Waals surface area (Å²) >= 11 is 0. The van der Waals surface area contributed by atoms with Crippen molar-refractivity contribution in [3.05, 3.63) is 65.5 Å². The third-order valence-corrected chi connectivity index (χ3v) is 4.23. The van der Waals surface area contributed by atoms with Gasteiger partial charge >= 0.3 is 6.01 Å². The van der Waals surface area contributed by atoms with Crippen molar-refractivity contribution in [2.75, 3.05) is 6.61 Å². The molecule has 0 aliphatic heterocycles. The van der Waals surface area contributed by atoms with E-state index < -0.39 is 11.7 Å². The highest BCUT2D eigenvalue weighted by Crippen LogP contribution is 2.22. The maximum absolute atomic E-state index is 14.1. The van der Waals surface area contributed by atoms with Crippen LogP contribution in [0.2, 0.25) is 0 Å². The van der Waals surface area contributed by atoms with Crippen molar-refractivity contribution >= 4 is 5.91 Å². The van der Waals surface area contributed by atoms with Gasteiger partial charge in [0.2, 0.25) is 0 Å². The van der Waals surface area contributed by atoms with E-state index >= 15 is 0 Å². The third-order valence-electron chi connectivity index (χ3n) is 4.23. The first-order chi connectivity index (χ1) is 13.1. The van der Waals surface area contributed by atoms with Gasteiger partial charge in [-0.25, -0.2) is 4.39 Å². The van der Waals surface area contributed by atoms with Gasteiger partial charge in [-0.3, -0.25) is 4.79 Å². The van der Waals surface area contributed by atoms with Crippen LogP contribution in [0.25, 0.3) is 11.4 Å². The molecule has 0 radical (unpaired) electrons. The minimum Gasteiger partial charge on any atom is -0.462 e. The van der Waals surface area contributed by atoms with Gasteiger partial charge in [-0.05, 0) is 30.5 Å². The van der Waals surface area contributed by atoms with Gasteiger partial charge in [-0.2, -0.15) is 9.67 Å². The van der Waals surface area contributed by atoms with Gasteiger partial charge in [0.15, 0.2) is 5.82 Å². The van der Waals surface area contributed by atoms with Crippen molar-refractivity contribution in [1.82, 2.24) is 14.8 Å². The van der Waals surface area contributed by atoms with E-state index in [1.807, 2.05) is 24.3 Å². The zero-order chi connectivity index (χ0) is 19.2. The van der Waals surface area contributed by atoms with Gasteiger partial charge in [0, 0.05) is 5.56 Å². The highest BCUT2D eigenvalue weighted by Gasteiger charge is 2.22. The molecule has 0 aliphatic carbocycles. The zero-order valence-electron chi connectivity index (χ0n) is 15.5. The maximum atomic E-state index is 14.1. The van der Waals surface area contributed by atoms with Crippen molar-refractivity contribution in [2.45, 2.75) is 33.1 Å². The average molecular weight is 367 g/mol. The number of aromatic nitrogens is 3. The molecule has 3 rings (SSSR count). The minimum atomic E-state index is -0.598. The fraction of sp³-hybridized carbons (Fsp3) is 0.286. The van der Waals surface area contributed by atoms with Crippen molar-refractivity contribution in [2.24, 2.45) is 0 Å². The lowest BCUT2D eigenvalue weighted by atomic mass is 10.1. The van der Waals surface area contributed by atoms with Crippen LogP contribution in [0.1, 0.15) is 42.6 Å². The van der Waals surface area contributed by atoms with Crippen LogP contribution in [0.5, 0.6) is 6.01 Å². The summed E-state index contributed by atoms with van der Waals surface area (Å²) in [6, 6.07) is 13.6. The molecule has 0 saturated heterocycles. The molecule has 0 spiro atoms. The van der Waals surface area contributed by atoms with E-state index in [-0.39, 0.29) is 11.6 Å². The Bertz CT molecular complexity index is 919. The van der Waals surface area contributed by atoms with E-state index in [9.17, 15) is 9.18 Å². The number of benzene rings is 2. The number of aryl methyl sites for hydroxylation is 1. The number of rotatable bonds is 7. The lowest BCUT2D eigenvalue weighted by Gasteiger charge is -2.06. The molecule has 140 valence electrons. The number of unbranched alkanes of at least 4 members (excludes halogenated alkanes) is 1. The first-order valence-corrected chi connectivity index (χ1v) is 9.12. The molecular weight excluding hydrogens is 345 g/mol. The van der Waals surface area contributed by atoms with Gasteiger partial charge in [-0.1, -0.05) is 56.7 Å². The summed E-state index contributed by atoms with van der Waals surface area (Å²) < 4.78 is 20.8. The molecular formula is C21H22FN3O2. The molecule has 0 N–H and O–H groups in total. The van der Waals surface area contributed by atoms with E-state index in [2.05, 4.69) is 23.9 Å². The lowest BCUT2D eigenvalue weighted by molar-refractivity contribution is 0.0940. The Kier molecular flexibility index (Phi) is 5.96. The highest BCUT2D eigenvalue weighted by molar-refractivity contribution is 5.97. The highest BCUT2D eigenvalue weighted by atomic mass is 19.1. The van der Waals surface area contributed by atoms with Crippen molar-refractivity contribution in [1.29, 1.82) is 0 Å². The molecule has 0 amide bonds. The Morgan fingerprint density at radius 1 is 1.11 bits per heavy atom. The SMILES string of the molecule is CCCCOc1nc(-c2ccc(CC)cc2)n(C(=O)c2ccccc2F)n1. The van der Waals surface area contributed by atoms with Crippen LogP contribution in [0, 0.1) is 5.82 Å². The number of ether oxygens (including phenoxy) is 1. The quantitative estimate of drug-likeness (QED) is 0.577. The minimum absolute atomic E-state index is 0.0612. The van der Waals surface area contributed by atoms with Gasteiger partial charge in [0.25, 0.3) is 5.91 Å². The second-order valence-corrected chi connectivity index (χ2v) is 6.17. The summed E-state index contributed by atoms with van der Waals surface area (Å²) in [7, 11) is 0. The molecule has 0 unspecified atom stereocenters. The molecule has 3 aromatic rings. The molecule has 0 aliphatic rings. The maximum Gasteiger partial charge on any atom is 0.336 e.